The van der Waals surface area contributed by atoms with E-state index in [9.17, 15) is 14.8 Å². The molecule has 5 atom stereocenters. The summed E-state index contributed by atoms with van der Waals surface area (Å²) in [5.74, 6) is 0.474. The first-order chi connectivity index (χ1) is 14.8. The van der Waals surface area contributed by atoms with Crippen LogP contribution in [0.2, 0.25) is 0 Å². The minimum Gasteiger partial charge on any atom is -0.392 e. The Bertz CT molecular complexity index is 968. The Morgan fingerprint density at radius 3 is 2.81 bits per heavy atom. The van der Waals surface area contributed by atoms with Crippen LogP contribution >= 0.6 is 7.60 Å². The molecule has 0 spiro atoms. The van der Waals surface area contributed by atoms with Crippen molar-refractivity contribution >= 4 is 24.6 Å². The highest BCUT2D eigenvalue weighted by molar-refractivity contribution is 7.52. The van der Waals surface area contributed by atoms with E-state index in [0.717, 1.165) is 5.57 Å². The van der Waals surface area contributed by atoms with E-state index in [1.807, 2.05) is 13.0 Å². The van der Waals surface area contributed by atoms with E-state index in [4.69, 9.17) is 18.9 Å². The fourth-order valence-corrected chi connectivity index (χ4v) is 4.09. The summed E-state index contributed by atoms with van der Waals surface area (Å²) in [5.41, 5.74) is 1.67. The molecule has 0 amide bonds. The van der Waals surface area contributed by atoms with Crippen molar-refractivity contribution in [2.75, 3.05) is 38.3 Å². The van der Waals surface area contributed by atoms with Crippen LogP contribution in [0.25, 0.3) is 11.2 Å². The van der Waals surface area contributed by atoms with Crippen molar-refractivity contribution in [1.82, 2.24) is 19.5 Å². The smallest absolute Gasteiger partial charge is 0.327 e. The molecule has 0 aliphatic carbocycles. The summed E-state index contributed by atoms with van der Waals surface area (Å²) >= 11 is 0. The highest BCUT2D eigenvalue weighted by atomic mass is 31.2. The molecule has 13 heteroatoms. The van der Waals surface area contributed by atoms with Gasteiger partial charge in [-0.25, -0.2) is 15.0 Å². The van der Waals surface area contributed by atoms with E-state index in [1.54, 1.807) is 6.92 Å². The molecule has 0 radical (unpaired) electrons. The third kappa shape index (κ3) is 5.47. The lowest BCUT2D eigenvalue weighted by atomic mass is 10.1. The number of ether oxygens (including phenoxy) is 1. The van der Waals surface area contributed by atoms with Gasteiger partial charge in [-0.1, -0.05) is 11.6 Å². The second-order valence-corrected chi connectivity index (χ2v) is 9.23. The molecular formula is C18H28N5O7P. The van der Waals surface area contributed by atoms with Gasteiger partial charge in [0.2, 0.25) is 0 Å². The minimum absolute atomic E-state index is 0.0301. The molecule has 2 aromatic rings. The second-order valence-electron chi connectivity index (χ2n) is 7.17. The summed E-state index contributed by atoms with van der Waals surface area (Å²) in [5, 5.41) is 33.1. The zero-order valence-corrected chi connectivity index (χ0v) is 18.5. The van der Waals surface area contributed by atoms with Crippen LogP contribution in [0.1, 0.15) is 20.1 Å². The molecule has 3 heterocycles. The summed E-state index contributed by atoms with van der Waals surface area (Å²) in [4.78, 5) is 12.7. The maximum atomic E-state index is 12.1. The van der Waals surface area contributed by atoms with Crippen LogP contribution in [-0.4, -0.2) is 86.2 Å². The number of aliphatic hydroxyl groups is 3. The first-order valence-corrected chi connectivity index (χ1v) is 11.8. The highest BCUT2D eigenvalue weighted by Crippen LogP contribution is 2.44. The summed E-state index contributed by atoms with van der Waals surface area (Å²) in [6.45, 7) is 5.24. The van der Waals surface area contributed by atoms with Crippen molar-refractivity contribution in [2.24, 2.45) is 0 Å². The van der Waals surface area contributed by atoms with Gasteiger partial charge in [-0.2, -0.15) is 0 Å². The molecule has 31 heavy (non-hydrogen) atoms. The van der Waals surface area contributed by atoms with Gasteiger partial charge in [-0.15, -0.1) is 0 Å². The lowest BCUT2D eigenvalue weighted by Crippen LogP contribution is -2.33. The van der Waals surface area contributed by atoms with Crippen LogP contribution in [0, 0.1) is 0 Å². The minimum atomic E-state index is -3.28. The van der Waals surface area contributed by atoms with Crippen molar-refractivity contribution < 1.29 is 33.7 Å². The molecule has 1 aliphatic heterocycles. The van der Waals surface area contributed by atoms with Gasteiger partial charge in [0.1, 0.15) is 24.6 Å². The summed E-state index contributed by atoms with van der Waals surface area (Å²) in [7, 11) is -3.28. The predicted octanol–water partition coefficient (Wildman–Crippen LogP) is 0.672. The predicted molar refractivity (Wildman–Crippen MR) is 112 cm³/mol. The highest BCUT2D eigenvalue weighted by Gasteiger charge is 2.45. The van der Waals surface area contributed by atoms with Gasteiger partial charge >= 0.3 is 7.60 Å². The van der Waals surface area contributed by atoms with Gasteiger partial charge in [0.05, 0.1) is 26.1 Å². The number of fused-ring (bicyclic) bond motifs is 1. The molecule has 1 fully saturated rings. The van der Waals surface area contributed by atoms with E-state index in [0.29, 0.717) is 23.5 Å². The Labute approximate surface area is 179 Å². The number of aromatic nitrogens is 4. The molecule has 172 valence electrons. The SMILES string of the molecule is CCOP(C)(=O)OC[C@H]1O[C@@H](n2cnc3c(NC/C=C(\C)CO)ncnc32)[C@H](O)[C@@H]1O. The van der Waals surface area contributed by atoms with Gasteiger partial charge in [0, 0.05) is 13.2 Å². The molecule has 0 aromatic carbocycles. The summed E-state index contributed by atoms with van der Waals surface area (Å²) < 4.78 is 29.7. The van der Waals surface area contributed by atoms with E-state index in [1.165, 1.54) is 23.9 Å². The Balaban J connectivity index is 1.75. The van der Waals surface area contributed by atoms with Crippen LogP contribution in [0.5, 0.6) is 0 Å². The molecule has 4 N–H and O–H groups in total. The third-order valence-corrected chi connectivity index (χ3v) is 6.12. The fraction of sp³-hybridized carbons (Fsp3) is 0.611. The van der Waals surface area contributed by atoms with E-state index < -0.39 is 32.1 Å². The first-order valence-electron chi connectivity index (χ1n) is 9.83. The van der Waals surface area contributed by atoms with Crippen molar-refractivity contribution in [1.29, 1.82) is 0 Å². The monoisotopic (exact) mass is 457 g/mol. The number of aliphatic hydroxyl groups excluding tert-OH is 3. The molecule has 3 rings (SSSR count). The lowest BCUT2D eigenvalue weighted by molar-refractivity contribution is -0.0488. The Morgan fingerprint density at radius 2 is 2.10 bits per heavy atom. The molecule has 12 nitrogen and oxygen atoms in total. The maximum Gasteiger partial charge on any atom is 0.327 e. The molecule has 0 saturated carbocycles. The molecule has 1 unspecified atom stereocenters. The van der Waals surface area contributed by atoms with E-state index in [-0.39, 0.29) is 19.8 Å². The van der Waals surface area contributed by atoms with Gasteiger partial charge in [-0.3, -0.25) is 9.13 Å². The van der Waals surface area contributed by atoms with Crippen LogP contribution in [0.15, 0.2) is 24.3 Å². The maximum absolute atomic E-state index is 12.1. The van der Waals surface area contributed by atoms with Crippen LogP contribution < -0.4 is 5.32 Å². The summed E-state index contributed by atoms with van der Waals surface area (Å²) in [6.07, 6.45) is 0.164. The van der Waals surface area contributed by atoms with Crippen molar-refractivity contribution in [3.63, 3.8) is 0 Å². The van der Waals surface area contributed by atoms with E-state index in [2.05, 4.69) is 20.3 Å². The molecule has 1 aliphatic rings. The number of hydrogen-bond acceptors (Lipinski definition) is 11. The quantitative estimate of drug-likeness (QED) is 0.293. The van der Waals surface area contributed by atoms with E-state index >= 15 is 0 Å². The van der Waals surface area contributed by atoms with Gasteiger partial charge in [0.25, 0.3) is 0 Å². The van der Waals surface area contributed by atoms with Crippen LogP contribution in [0.3, 0.4) is 0 Å². The number of anilines is 1. The Kier molecular flexibility index (Phi) is 7.76. The average Bonchev–Trinajstić information content (AvgIpc) is 3.28. The van der Waals surface area contributed by atoms with Gasteiger partial charge in [0.15, 0.2) is 23.2 Å². The fourth-order valence-electron chi connectivity index (χ4n) is 3.13. The lowest BCUT2D eigenvalue weighted by Gasteiger charge is -2.18. The number of nitrogens with one attached hydrogen (secondary N) is 1. The first kappa shape index (κ1) is 23.7. The normalized spacial score (nSPS) is 26.3. The van der Waals surface area contributed by atoms with Gasteiger partial charge in [-0.05, 0) is 13.8 Å². The number of imidazole rings is 1. The zero-order chi connectivity index (χ0) is 22.6. The second kappa shape index (κ2) is 10.1. The van der Waals surface area contributed by atoms with Crippen molar-refractivity contribution in [2.45, 2.75) is 38.4 Å². The zero-order valence-electron chi connectivity index (χ0n) is 17.6. The van der Waals surface area contributed by atoms with Crippen molar-refractivity contribution in [3.05, 3.63) is 24.3 Å². The topological polar surface area (TPSA) is 161 Å². The average molecular weight is 457 g/mol. The molecule has 1 saturated heterocycles. The molecular weight excluding hydrogens is 429 g/mol. The summed E-state index contributed by atoms with van der Waals surface area (Å²) in [6, 6.07) is 0. The van der Waals surface area contributed by atoms with Crippen LogP contribution in [-0.2, 0) is 18.3 Å². The Hall–Kier alpha value is -1.92. The number of hydrogen-bond donors (Lipinski definition) is 4. The van der Waals surface area contributed by atoms with Crippen molar-refractivity contribution in [3.8, 4) is 0 Å². The Morgan fingerprint density at radius 1 is 1.32 bits per heavy atom. The standard InChI is InChI=1S/C18H28N5O7P/c1-4-28-31(3,27)29-8-12-14(25)15(26)18(30-12)23-10-22-13-16(20-9-21-17(13)23)19-6-5-11(2)7-24/h5,9-10,12,14-15,18,24-26H,4,6-8H2,1-3H3,(H,19,20,21)/b11-5+/t12-,14-,15-,18-,31?/m1/s1. The number of nitrogens with zero attached hydrogens (tertiary/aromatic N) is 4. The number of rotatable bonds is 10. The third-order valence-electron chi connectivity index (χ3n) is 4.78. The largest absolute Gasteiger partial charge is 0.392 e. The molecule has 2 aromatic heterocycles. The van der Waals surface area contributed by atoms with Gasteiger partial charge < -0.3 is 34.4 Å². The van der Waals surface area contributed by atoms with Crippen LogP contribution in [0.4, 0.5) is 5.82 Å². The molecule has 0 bridgehead atoms.